The second kappa shape index (κ2) is 4.34. The molecule has 0 radical (unpaired) electrons. The fourth-order valence-electron chi connectivity index (χ4n) is 2.90. The lowest BCUT2D eigenvalue weighted by Gasteiger charge is -2.25. The second-order valence-electron chi connectivity index (χ2n) is 5.32. The van der Waals surface area contributed by atoms with Crippen LogP contribution in [0.15, 0.2) is 0 Å². The van der Waals surface area contributed by atoms with Crippen LogP contribution in [-0.4, -0.2) is 37.7 Å². The molecule has 2 saturated heterocycles. The number of amides is 1. The third kappa shape index (κ3) is 1.96. The Labute approximate surface area is 96.1 Å². The van der Waals surface area contributed by atoms with Gasteiger partial charge in [0.1, 0.15) is 0 Å². The van der Waals surface area contributed by atoms with E-state index in [4.69, 9.17) is 4.74 Å². The zero-order chi connectivity index (χ0) is 11.0. The summed E-state index contributed by atoms with van der Waals surface area (Å²) in [6, 6.07) is 0. The molecule has 0 aromatic heterocycles. The zero-order valence-electron chi connectivity index (χ0n) is 9.58. The van der Waals surface area contributed by atoms with E-state index in [-0.39, 0.29) is 12.0 Å². The second-order valence-corrected chi connectivity index (χ2v) is 5.32. The van der Waals surface area contributed by atoms with Crippen LogP contribution < -0.4 is 10.6 Å². The minimum absolute atomic E-state index is 0.241. The summed E-state index contributed by atoms with van der Waals surface area (Å²) in [4.78, 5) is 11.6. The monoisotopic (exact) mass is 224 g/mol. The molecule has 0 aromatic rings. The Bertz CT molecular complexity index is 266. The Morgan fingerprint density at radius 3 is 2.94 bits per heavy atom. The molecule has 0 bridgehead atoms. The highest BCUT2D eigenvalue weighted by Gasteiger charge is 2.38. The van der Waals surface area contributed by atoms with E-state index in [1.165, 1.54) is 6.42 Å². The maximum Gasteiger partial charge on any atom is 0.223 e. The summed E-state index contributed by atoms with van der Waals surface area (Å²) in [6.45, 7) is 2.78. The van der Waals surface area contributed by atoms with Crippen LogP contribution in [0.1, 0.15) is 25.7 Å². The van der Waals surface area contributed by atoms with E-state index in [2.05, 4.69) is 10.6 Å². The molecule has 4 heteroatoms. The summed E-state index contributed by atoms with van der Waals surface area (Å²) in [5.74, 6) is 1.21. The van der Waals surface area contributed by atoms with Crippen LogP contribution in [0.3, 0.4) is 0 Å². The van der Waals surface area contributed by atoms with E-state index in [0.29, 0.717) is 24.5 Å². The van der Waals surface area contributed by atoms with Gasteiger partial charge in [-0.25, -0.2) is 0 Å². The number of carbonyl (C=O) groups excluding carboxylic acids is 1. The lowest BCUT2D eigenvalue weighted by molar-refractivity contribution is -0.128. The smallest absolute Gasteiger partial charge is 0.223 e. The van der Waals surface area contributed by atoms with Crippen LogP contribution in [0.2, 0.25) is 0 Å². The van der Waals surface area contributed by atoms with Gasteiger partial charge >= 0.3 is 0 Å². The maximum atomic E-state index is 11.6. The lowest BCUT2D eigenvalue weighted by atomic mass is 9.85. The molecule has 4 nitrogen and oxygen atoms in total. The van der Waals surface area contributed by atoms with E-state index in [1.54, 1.807) is 0 Å². The van der Waals surface area contributed by atoms with Crippen LogP contribution in [0.25, 0.3) is 0 Å². The van der Waals surface area contributed by atoms with Crippen molar-refractivity contribution in [2.45, 2.75) is 37.9 Å². The fraction of sp³-hybridized carbons (Fsp3) is 0.917. The highest BCUT2D eigenvalue weighted by molar-refractivity contribution is 5.79. The third-order valence-electron chi connectivity index (χ3n) is 4.19. The normalized spacial score (nSPS) is 38.1. The van der Waals surface area contributed by atoms with Crippen molar-refractivity contribution < 1.29 is 9.53 Å². The molecule has 0 aromatic carbocycles. The first-order valence-electron chi connectivity index (χ1n) is 6.47. The van der Waals surface area contributed by atoms with Gasteiger partial charge < -0.3 is 15.4 Å². The number of hydrogen-bond donors (Lipinski definition) is 2. The summed E-state index contributed by atoms with van der Waals surface area (Å²) < 4.78 is 5.89. The van der Waals surface area contributed by atoms with Crippen LogP contribution >= 0.6 is 0 Å². The summed E-state index contributed by atoms with van der Waals surface area (Å²) in [7, 11) is 0. The van der Waals surface area contributed by atoms with Crippen LogP contribution in [-0.2, 0) is 9.53 Å². The topological polar surface area (TPSA) is 50.4 Å². The van der Waals surface area contributed by atoms with Crippen molar-refractivity contribution >= 4 is 5.91 Å². The molecule has 3 atom stereocenters. The zero-order valence-corrected chi connectivity index (χ0v) is 9.58. The van der Waals surface area contributed by atoms with Gasteiger partial charge in [-0.15, -0.1) is 0 Å². The Balaban J connectivity index is 1.41. The van der Waals surface area contributed by atoms with Crippen molar-refractivity contribution in [3.63, 3.8) is 0 Å². The third-order valence-corrected chi connectivity index (χ3v) is 4.19. The average molecular weight is 224 g/mol. The SMILES string of the molecule is O=C(NC[C@@H]1C[C@H]2CNC[C@H]2O1)C1CCC1. The van der Waals surface area contributed by atoms with Crippen molar-refractivity contribution in [3.8, 4) is 0 Å². The highest BCUT2D eigenvalue weighted by Crippen LogP contribution is 2.29. The van der Waals surface area contributed by atoms with Crippen LogP contribution in [0, 0.1) is 11.8 Å². The van der Waals surface area contributed by atoms with Gasteiger partial charge in [0.25, 0.3) is 0 Å². The molecule has 1 amide bonds. The summed E-state index contributed by atoms with van der Waals surface area (Å²) in [5.41, 5.74) is 0. The maximum absolute atomic E-state index is 11.6. The Hall–Kier alpha value is -0.610. The first kappa shape index (κ1) is 10.5. The lowest BCUT2D eigenvalue weighted by Crippen LogP contribution is -2.39. The van der Waals surface area contributed by atoms with Gasteiger partial charge in [0, 0.05) is 31.5 Å². The largest absolute Gasteiger partial charge is 0.371 e. The number of carbonyl (C=O) groups is 1. The van der Waals surface area contributed by atoms with Crippen LogP contribution in [0.4, 0.5) is 0 Å². The summed E-state index contributed by atoms with van der Waals surface area (Å²) >= 11 is 0. The Morgan fingerprint density at radius 1 is 1.38 bits per heavy atom. The Morgan fingerprint density at radius 2 is 2.25 bits per heavy atom. The van der Waals surface area contributed by atoms with Gasteiger partial charge in [0.05, 0.1) is 12.2 Å². The highest BCUT2D eigenvalue weighted by atomic mass is 16.5. The number of nitrogens with one attached hydrogen (secondary N) is 2. The number of rotatable bonds is 3. The van der Waals surface area contributed by atoms with Crippen LogP contribution in [0.5, 0.6) is 0 Å². The molecule has 90 valence electrons. The van der Waals surface area contributed by atoms with Gasteiger partial charge in [-0.1, -0.05) is 6.42 Å². The van der Waals surface area contributed by atoms with E-state index < -0.39 is 0 Å². The molecule has 1 saturated carbocycles. The van der Waals surface area contributed by atoms with E-state index in [0.717, 1.165) is 32.4 Å². The quantitative estimate of drug-likeness (QED) is 0.724. The summed E-state index contributed by atoms with van der Waals surface area (Å²) in [6.07, 6.45) is 5.11. The predicted molar refractivity (Wildman–Crippen MR) is 60.0 cm³/mol. The first-order chi connectivity index (χ1) is 7.83. The molecule has 1 aliphatic carbocycles. The van der Waals surface area contributed by atoms with Gasteiger partial charge in [0.15, 0.2) is 0 Å². The van der Waals surface area contributed by atoms with E-state index >= 15 is 0 Å². The average Bonchev–Trinajstić information content (AvgIpc) is 2.70. The minimum atomic E-state index is 0.241. The standard InChI is InChI=1S/C12H20N2O2/c15-12(8-2-1-3-8)14-6-10-4-9-5-13-7-11(9)16-10/h8-11,13H,1-7H2,(H,14,15)/t9-,10-,11+/m0/s1. The first-order valence-corrected chi connectivity index (χ1v) is 6.47. The molecule has 2 N–H and O–H groups in total. The van der Waals surface area contributed by atoms with Gasteiger partial charge in [-0.05, 0) is 19.3 Å². The fourth-order valence-corrected chi connectivity index (χ4v) is 2.90. The molecule has 3 aliphatic rings. The summed E-state index contributed by atoms with van der Waals surface area (Å²) in [5, 5.41) is 6.37. The molecular weight excluding hydrogens is 204 g/mol. The Kier molecular flexibility index (Phi) is 2.86. The predicted octanol–water partition coefficient (Wildman–Crippen LogP) is 0.280. The number of ether oxygens (including phenoxy) is 1. The van der Waals surface area contributed by atoms with Crippen molar-refractivity contribution in [1.82, 2.24) is 10.6 Å². The molecule has 0 unspecified atom stereocenters. The van der Waals surface area contributed by atoms with Crippen molar-refractivity contribution in [3.05, 3.63) is 0 Å². The molecular formula is C12H20N2O2. The molecule has 16 heavy (non-hydrogen) atoms. The molecule has 3 fully saturated rings. The molecule has 2 aliphatic heterocycles. The van der Waals surface area contributed by atoms with Gasteiger partial charge in [-0.3, -0.25) is 4.79 Å². The molecule has 0 spiro atoms. The van der Waals surface area contributed by atoms with Crippen molar-refractivity contribution in [2.24, 2.45) is 11.8 Å². The van der Waals surface area contributed by atoms with Gasteiger partial charge in [-0.2, -0.15) is 0 Å². The van der Waals surface area contributed by atoms with E-state index in [1.807, 2.05) is 0 Å². The molecule has 2 heterocycles. The molecule has 3 rings (SSSR count). The number of fused-ring (bicyclic) bond motifs is 1. The van der Waals surface area contributed by atoms with Gasteiger partial charge in [0.2, 0.25) is 5.91 Å². The van der Waals surface area contributed by atoms with Crippen molar-refractivity contribution in [1.29, 1.82) is 0 Å². The van der Waals surface area contributed by atoms with E-state index in [9.17, 15) is 4.79 Å². The minimum Gasteiger partial charge on any atom is -0.371 e. The number of hydrogen-bond acceptors (Lipinski definition) is 3. The van der Waals surface area contributed by atoms with Crippen molar-refractivity contribution in [2.75, 3.05) is 19.6 Å².